The van der Waals surface area contributed by atoms with Crippen LogP contribution in [0.25, 0.3) is 17.0 Å². The number of aromatic nitrogens is 2. The Hall–Kier alpha value is -4.04. The molecule has 1 aromatic heterocycles. The Labute approximate surface area is 204 Å². The van der Waals surface area contributed by atoms with E-state index in [9.17, 15) is 13.6 Å². The minimum absolute atomic E-state index is 0.0140. The van der Waals surface area contributed by atoms with E-state index in [4.69, 9.17) is 16.1 Å². The lowest BCUT2D eigenvalue weighted by molar-refractivity contribution is 0.202. The van der Waals surface area contributed by atoms with Crippen molar-refractivity contribution in [3.63, 3.8) is 0 Å². The maximum absolute atomic E-state index is 14.4. The molecular weight excluding hydrogens is 474 g/mol. The Bertz CT molecular complexity index is 1420. The Morgan fingerprint density at radius 2 is 1.74 bits per heavy atom. The largest absolute Gasteiger partial charge is 0.334 e. The van der Waals surface area contributed by atoms with Crippen molar-refractivity contribution in [2.24, 2.45) is 0 Å². The molecule has 1 aliphatic heterocycles. The van der Waals surface area contributed by atoms with E-state index in [1.165, 1.54) is 23.1 Å². The smallest absolute Gasteiger partial charge is 0.322 e. The molecule has 3 aromatic carbocycles. The van der Waals surface area contributed by atoms with Gasteiger partial charge >= 0.3 is 6.03 Å². The Morgan fingerprint density at radius 3 is 2.46 bits per heavy atom. The second-order valence-corrected chi connectivity index (χ2v) is 8.48. The number of benzene rings is 3. The van der Waals surface area contributed by atoms with Gasteiger partial charge in [0.15, 0.2) is 0 Å². The number of amides is 2. The lowest BCUT2D eigenvalue weighted by atomic mass is 9.94. The van der Waals surface area contributed by atoms with Gasteiger partial charge in [-0.1, -0.05) is 47.1 Å². The standard InChI is InChI=1S/C26H19ClF2N4O2/c1-15-22(25-31-24(32-35-25)17-8-12-20(28)13-9-17)23(16-6-10-19(27)11-7-16)30-26(34)33(15)14-18-4-2-3-5-21(18)29/h2-13,23H,14H2,1H3,(H,30,34). The van der Waals surface area contributed by atoms with Crippen LogP contribution in [0.1, 0.15) is 30.0 Å². The van der Waals surface area contributed by atoms with Crippen molar-refractivity contribution in [3.05, 3.63) is 112 Å². The number of allylic oxidation sites excluding steroid dienone is 1. The highest BCUT2D eigenvalue weighted by Gasteiger charge is 2.36. The highest BCUT2D eigenvalue weighted by molar-refractivity contribution is 6.30. The fourth-order valence-corrected chi connectivity index (χ4v) is 4.13. The van der Waals surface area contributed by atoms with Gasteiger partial charge in [-0.05, 0) is 55.0 Å². The van der Waals surface area contributed by atoms with Gasteiger partial charge in [0.1, 0.15) is 11.6 Å². The highest BCUT2D eigenvalue weighted by Crippen LogP contribution is 2.38. The number of hydrogen-bond donors (Lipinski definition) is 1. The summed E-state index contributed by atoms with van der Waals surface area (Å²) in [7, 11) is 0. The predicted octanol–water partition coefficient (Wildman–Crippen LogP) is 6.37. The molecule has 0 spiro atoms. The first-order valence-electron chi connectivity index (χ1n) is 10.8. The fourth-order valence-electron chi connectivity index (χ4n) is 4.00. The van der Waals surface area contributed by atoms with Crippen LogP contribution in [0.2, 0.25) is 5.02 Å². The molecule has 0 fully saturated rings. The summed E-state index contributed by atoms with van der Waals surface area (Å²) >= 11 is 6.06. The van der Waals surface area contributed by atoms with E-state index < -0.39 is 17.9 Å². The van der Waals surface area contributed by atoms with Crippen LogP contribution in [-0.2, 0) is 6.54 Å². The molecule has 1 unspecified atom stereocenters. The van der Waals surface area contributed by atoms with Crippen molar-refractivity contribution in [1.29, 1.82) is 0 Å². The molecule has 1 atom stereocenters. The number of carbonyl (C=O) groups excluding carboxylic acids is 1. The first-order chi connectivity index (χ1) is 16.9. The summed E-state index contributed by atoms with van der Waals surface area (Å²) in [6.07, 6.45) is 0. The molecular formula is C26H19ClF2N4O2. The van der Waals surface area contributed by atoms with E-state index in [1.54, 1.807) is 61.5 Å². The second-order valence-electron chi connectivity index (χ2n) is 8.04. The quantitative estimate of drug-likeness (QED) is 0.351. The summed E-state index contributed by atoms with van der Waals surface area (Å²) in [5.74, 6) is -0.337. The minimum atomic E-state index is -0.613. The average molecular weight is 493 g/mol. The summed E-state index contributed by atoms with van der Waals surface area (Å²) in [6.45, 7) is 1.76. The molecule has 0 radical (unpaired) electrons. The molecule has 6 nitrogen and oxygen atoms in total. The van der Waals surface area contributed by atoms with E-state index >= 15 is 0 Å². The Morgan fingerprint density at radius 1 is 1.03 bits per heavy atom. The molecule has 4 aromatic rings. The first kappa shape index (κ1) is 22.7. The van der Waals surface area contributed by atoms with Crippen LogP contribution in [0, 0.1) is 11.6 Å². The molecule has 1 N–H and O–H groups in total. The van der Waals surface area contributed by atoms with Crippen LogP contribution in [0.4, 0.5) is 13.6 Å². The number of carbonyl (C=O) groups is 1. The summed E-state index contributed by atoms with van der Waals surface area (Å²) in [5.41, 5.74) is 2.79. The van der Waals surface area contributed by atoms with Crippen molar-refractivity contribution >= 4 is 23.2 Å². The summed E-state index contributed by atoms with van der Waals surface area (Å²) in [4.78, 5) is 19.1. The van der Waals surface area contributed by atoms with Crippen molar-refractivity contribution in [2.45, 2.75) is 19.5 Å². The van der Waals surface area contributed by atoms with Crippen molar-refractivity contribution in [1.82, 2.24) is 20.4 Å². The molecule has 0 aliphatic carbocycles. The van der Waals surface area contributed by atoms with E-state index in [-0.39, 0.29) is 24.1 Å². The molecule has 2 amide bonds. The highest BCUT2D eigenvalue weighted by atomic mass is 35.5. The van der Waals surface area contributed by atoms with Crippen molar-refractivity contribution < 1.29 is 18.1 Å². The van der Waals surface area contributed by atoms with Gasteiger partial charge in [-0.2, -0.15) is 4.98 Å². The molecule has 0 bridgehead atoms. The van der Waals surface area contributed by atoms with E-state index in [1.807, 2.05) is 0 Å². The SMILES string of the molecule is CC1=C(c2nc(-c3ccc(F)cc3)no2)C(c2ccc(Cl)cc2)NC(=O)N1Cc1ccccc1F. The minimum Gasteiger partial charge on any atom is -0.334 e. The van der Waals surface area contributed by atoms with Gasteiger partial charge in [-0.15, -0.1) is 0 Å². The predicted molar refractivity (Wildman–Crippen MR) is 127 cm³/mol. The first-order valence-corrected chi connectivity index (χ1v) is 11.2. The zero-order valence-electron chi connectivity index (χ0n) is 18.5. The number of rotatable bonds is 5. The van der Waals surface area contributed by atoms with Crippen LogP contribution in [-0.4, -0.2) is 21.1 Å². The average Bonchev–Trinajstić information content (AvgIpc) is 3.33. The Kier molecular flexibility index (Phi) is 6.05. The van der Waals surface area contributed by atoms with Gasteiger partial charge < -0.3 is 9.84 Å². The molecule has 5 rings (SSSR count). The second kappa shape index (κ2) is 9.31. The summed E-state index contributed by atoms with van der Waals surface area (Å²) in [6, 6.07) is 18.0. The third kappa shape index (κ3) is 4.52. The van der Waals surface area contributed by atoms with Gasteiger partial charge in [-0.3, -0.25) is 4.90 Å². The van der Waals surface area contributed by atoms with Crippen LogP contribution >= 0.6 is 11.6 Å². The van der Waals surface area contributed by atoms with Crippen molar-refractivity contribution in [3.8, 4) is 11.4 Å². The van der Waals surface area contributed by atoms with E-state index in [0.717, 1.165) is 5.56 Å². The van der Waals surface area contributed by atoms with Crippen LogP contribution < -0.4 is 5.32 Å². The molecule has 2 heterocycles. The zero-order chi connectivity index (χ0) is 24.5. The van der Waals surface area contributed by atoms with E-state index in [0.29, 0.717) is 27.4 Å². The third-order valence-electron chi connectivity index (χ3n) is 5.84. The lowest BCUT2D eigenvalue weighted by Gasteiger charge is -2.35. The third-order valence-corrected chi connectivity index (χ3v) is 6.10. The molecule has 1 aliphatic rings. The van der Waals surface area contributed by atoms with Gasteiger partial charge in [0, 0.05) is 21.8 Å². The number of nitrogens with one attached hydrogen (secondary N) is 1. The maximum Gasteiger partial charge on any atom is 0.322 e. The number of halogens is 3. The monoisotopic (exact) mass is 492 g/mol. The Balaban J connectivity index is 1.60. The normalized spacial score (nSPS) is 15.9. The van der Waals surface area contributed by atoms with Gasteiger partial charge in [0.2, 0.25) is 5.82 Å². The number of nitrogens with zero attached hydrogens (tertiary/aromatic N) is 3. The van der Waals surface area contributed by atoms with Gasteiger partial charge in [-0.25, -0.2) is 13.6 Å². The van der Waals surface area contributed by atoms with Crippen LogP contribution in [0.5, 0.6) is 0 Å². The van der Waals surface area contributed by atoms with Gasteiger partial charge in [0.25, 0.3) is 5.89 Å². The summed E-state index contributed by atoms with van der Waals surface area (Å²) in [5, 5.41) is 7.57. The van der Waals surface area contributed by atoms with E-state index in [2.05, 4.69) is 15.5 Å². The molecule has 0 saturated heterocycles. The molecule has 9 heteroatoms. The lowest BCUT2D eigenvalue weighted by Crippen LogP contribution is -2.45. The van der Waals surface area contributed by atoms with Crippen LogP contribution in [0.3, 0.4) is 0 Å². The maximum atomic E-state index is 14.4. The topological polar surface area (TPSA) is 71.3 Å². The van der Waals surface area contributed by atoms with Crippen LogP contribution in [0.15, 0.2) is 83.0 Å². The fraction of sp³-hybridized carbons (Fsp3) is 0.115. The van der Waals surface area contributed by atoms with Crippen molar-refractivity contribution in [2.75, 3.05) is 0 Å². The molecule has 176 valence electrons. The summed E-state index contributed by atoms with van der Waals surface area (Å²) < 4.78 is 33.3. The van der Waals surface area contributed by atoms with Gasteiger partial charge in [0.05, 0.1) is 18.2 Å². The number of urea groups is 1. The number of hydrogen-bond acceptors (Lipinski definition) is 4. The zero-order valence-corrected chi connectivity index (χ0v) is 19.3. The molecule has 35 heavy (non-hydrogen) atoms. The molecule has 0 saturated carbocycles.